The summed E-state index contributed by atoms with van der Waals surface area (Å²) in [7, 11) is 0. The van der Waals surface area contributed by atoms with Gasteiger partial charge in [0.15, 0.2) is 0 Å². The quantitative estimate of drug-likeness (QED) is 0.498. The highest BCUT2D eigenvalue weighted by Gasteiger charge is 2.19. The van der Waals surface area contributed by atoms with Crippen LogP contribution in [0, 0.1) is 13.8 Å². The Morgan fingerprint density at radius 2 is 1.97 bits per heavy atom. The molecule has 3 aromatic heterocycles. The number of nitrogens with one attached hydrogen (secondary N) is 2. The maximum atomic E-state index is 13.0. The lowest BCUT2D eigenvalue weighted by molar-refractivity contribution is 0.0951. The van der Waals surface area contributed by atoms with Crippen molar-refractivity contribution < 1.29 is 4.79 Å². The predicted octanol–water partition coefficient (Wildman–Crippen LogP) is 3.90. The van der Waals surface area contributed by atoms with E-state index in [0.29, 0.717) is 23.4 Å². The van der Waals surface area contributed by atoms with E-state index < -0.39 is 0 Å². The van der Waals surface area contributed by atoms with Gasteiger partial charge in [-0.2, -0.15) is 5.10 Å². The zero-order valence-electron chi connectivity index (χ0n) is 16.8. The summed E-state index contributed by atoms with van der Waals surface area (Å²) in [6, 6.07) is 15.8. The number of carbonyl (C=O) groups is 1. The molecular formula is C23H22N4O2S. The van der Waals surface area contributed by atoms with E-state index in [9.17, 15) is 9.59 Å². The van der Waals surface area contributed by atoms with E-state index in [1.54, 1.807) is 10.9 Å². The molecule has 6 nitrogen and oxygen atoms in total. The molecule has 2 N–H and O–H groups in total. The van der Waals surface area contributed by atoms with Crippen molar-refractivity contribution in [2.45, 2.75) is 26.9 Å². The number of hydrogen-bond donors (Lipinski definition) is 2. The van der Waals surface area contributed by atoms with E-state index in [0.717, 1.165) is 21.7 Å². The molecule has 1 aromatic carbocycles. The van der Waals surface area contributed by atoms with Gasteiger partial charge in [0.2, 0.25) is 0 Å². The molecule has 152 valence electrons. The van der Waals surface area contributed by atoms with Crippen LogP contribution in [0.2, 0.25) is 0 Å². The third-order valence-electron chi connectivity index (χ3n) is 4.87. The van der Waals surface area contributed by atoms with Crippen LogP contribution < -0.4 is 10.9 Å². The first-order valence-electron chi connectivity index (χ1n) is 9.64. The number of amides is 1. The second kappa shape index (κ2) is 8.51. The average Bonchev–Trinajstić information content (AvgIpc) is 3.37. The summed E-state index contributed by atoms with van der Waals surface area (Å²) in [5, 5.41) is 9.52. The van der Waals surface area contributed by atoms with Crippen molar-refractivity contribution >= 4 is 17.2 Å². The number of carbonyl (C=O) groups excluding carboxylic acids is 1. The number of H-pyrrole nitrogens is 1. The Balaban J connectivity index is 1.60. The number of aromatic amines is 1. The fourth-order valence-electron chi connectivity index (χ4n) is 3.40. The molecule has 0 saturated carbocycles. The fourth-order valence-corrected chi connectivity index (χ4v) is 4.12. The first kappa shape index (κ1) is 19.8. The highest BCUT2D eigenvalue weighted by molar-refractivity contribution is 7.13. The third-order valence-corrected chi connectivity index (χ3v) is 5.74. The molecule has 0 saturated heterocycles. The van der Waals surface area contributed by atoms with E-state index >= 15 is 0 Å². The molecule has 0 aliphatic heterocycles. The first-order valence-corrected chi connectivity index (χ1v) is 10.5. The van der Waals surface area contributed by atoms with Crippen molar-refractivity contribution in [3.8, 4) is 10.6 Å². The minimum Gasteiger partial charge on any atom is -0.348 e. The lowest BCUT2D eigenvalue weighted by atomic mass is 10.1. The van der Waals surface area contributed by atoms with Crippen molar-refractivity contribution in [1.29, 1.82) is 0 Å². The van der Waals surface area contributed by atoms with Gasteiger partial charge in [0, 0.05) is 24.0 Å². The minimum absolute atomic E-state index is 0.161. The van der Waals surface area contributed by atoms with E-state index in [2.05, 4.69) is 15.4 Å². The summed E-state index contributed by atoms with van der Waals surface area (Å²) in [5.74, 6) is -0.253. The molecule has 0 atom stereocenters. The summed E-state index contributed by atoms with van der Waals surface area (Å²) in [4.78, 5) is 29.0. The second-order valence-corrected chi connectivity index (χ2v) is 8.13. The highest BCUT2D eigenvalue weighted by atomic mass is 32.1. The summed E-state index contributed by atoms with van der Waals surface area (Å²) in [6.45, 7) is 4.45. The molecule has 0 unspecified atom stereocenters. The lowest BCUT2D eigenvalue weighted by Gasteiger charge is -2.08. The van der Waals surface area contributed by atoms with Gasteiger partial charge in [-0.05, 0) is 42.5 Å². The molecule has 4 aromatic rings. The van der Waals surface area contributed by atoms with Gasteiger partial charge in [0.1, 0.15) is 5.69 Å². The predicted molar refractivity (Wildman–Crippen MR) is 119 cm³/mol. The van der Waals surface area contributed by atoms with Gasteiger partial charge in [0.05, 0.1) is 17.0 Å². The van der Waals surface area contributed by atoms with Crippen LogP contribution in [-0.4, -0.2) is 20.7 Å². The second-order valence-electron chi connectivity index (χ2n) is 7.18. The summed E-state index contributed by atoms with van der Waals surface area (Å²) in [5.41, 5.74) is 4.29. The number of rotatable bonds is 6. The molecular weight excluding hydrogens is 396 g/mol. The summed E-state index contributed by atoms with van der Waals surface area (Å²) in [6.07, 6.45) is 1.77. The zero-order chi connectivity index (χ0) is 21.1. The van der Waals surface area contributed by atoms with Crippen LogP contribution in [0.15, 0.2) is 64.9 Å². The van der Waals surface area contributed by atoms with Crippen molar-refractivity contribution in [3.63, 3.8) is 0 Å². The van der Waals surface area contributed by atoms with Crippen LogP contribution in [0.25, 0.3) is 10.6 Å². The third kappa shape index (κ3) is 4.26. The molecule has 0 bridgehead atoms. The molecule has 0 aliphatic rings. The van der Waals surface area contributed by atoms with Gasteiger partial charge >= 0.3 is 0 Å². The fraction of sp³-hybridized carbons (Fsp3) is 0.174. The van der Waals surface area contributed by atoms with Gasteiger partial charge in [-0.25, -0.2) is 0 Å². The van der Waals surface area contributed by atoms with Gasteiger partial charge in [-0.15, -0.1) is 11.3 Å². The zero-order valence-corrected chi connectivity index (χ0v) is 17.6. The van der Waals surface area contributed by atoms with Gasteiger partial charge in [0.25, 0.3) is 11.5 Å². The number of aromatic nitrogens is 3. The molecule has 0 radical (unpaired) electrons. The number of benzene rings is 1. The van der Waals surface area contributed by atoms with Crippen LogP contribution in [-0.2, 0) is 13.1 Å². The number of thiophene rings is 1. The Bertz CT molecular complexity index is 1220. The van der Waals surface area contributed by atoms with Crippen molar-refractivity contribution in [2.24, 2.45) is 0 Å². The summed E-state index contributed by atoms with van der Waals surface area (Å²) >= 11 is 1.54. The summed E-state index contributed by atoms with van der Waals surface area (Å²) < 4.78 is 1.78. The molecule has 3 heterocycles. The van der Waals surface area contributed by atoms with Crippen molar-refractivity contribution in [3.05, 3.63) is 98.4 Å². The number of pyridine rings is 1. The van der Waals surface area contributed by atoms with Crippen LogP contribution in [0.3, 0.4) is 0 Å². The Morgan fingerprint density at radius 3 is 2.67 bits per heavy atom. The smallest absolute Gasteiger partial charge is 0.255 e. The molecule has 0 spiro atoms. The Kier molecular flexibility index (Phi) is 5.63. The van der Waals surface area contributed by atoms with Crippen molar-refractivity contribution in [1.82, 2.24) is 20.1 Å². The normalized spacial score (nSPS) is 10.9. The van der Waals surface area contributed by atoms with E-state index in [1.165, 1.54) is 11.3 Å². The van der Waals surface area contributed by atoms with E-state index in [-0.39, 0.29) is 18.0 Å². The monoisotopic (exact) mass is 418 g/mol. The minimum atomic E-state index is -0.253. The average molecular weight is 419 g/mol. The highest BCUT2D eigenvalue weighted by Crippen LogP contribution is 2.27. The topological polar surface area (TPSA) is 79.8 Å². The Hall–Kier alpha value is -3.45. The van der Waals surface area contributed by atoms with Crippen molar-refractivity contribution in [2.75, 3.05) is 0 Å². The van der Waals surface area contributed by atoms with Crippen LogP contribution in [0.4, 0.5) is 0 Å². The Morgan fingerprint density at radius 1 is 1.17 bits per heavy atom. The molecule has 0 fully saturated rings. The van der Waals surface area contributed by atoms with Gasteiger partial charge in [-0.3, -0.25) is 14.3 Å². The van der Waals surface area contributed by atoms with Crippen LogP contribution >= 0.6 is 11.3 Å². The maximum Gasteiger partial charge on any atom is 0.255 e. The maximum absolute atomic E-state index is 13.0. The number of aryl methyl sites for hydroxylation is 2. The van der Waals surface area contributed by atoms with E-state index in [1.807, 2.05) is 67.8 Å². The molecule has 0 aliphatic carbocycles. The molecule has 7 heteroatoms. The van der Waals surface area contributed by atoms with Crippen LogP contribution in [0.1, 0.15) is 32.7 Å². The van der Waals surface area contributed by atoms with E-state index in [4.69, 9.17) is 0 Å². The molecule has 30 heavy (non-hydrogen) atoms. The molecule has 4 rings (SSSR count). The van der Waals surface area contributed by atoms with Gasteiger partial charge in [-0.1, -0.05) is 36.4 Å². The Labute approximate surface area is 178 Å². The standard InChI is InChI=1S/C23H22N4O2S/c1-15-11-16(2)25-23(29)18(15)12-24-22(28)19-14-27(13-17-7-4-3-5-8-17)26-21(19)20-9-6-10-30-20/h3-11,14H,12-13H2,1-2H3,(H,24,28)(H,25,29). The lowest BCUT2D eigenvalue weighted by Crippen LogP contribution is -2.28. The first-order chi connectivity index (χ1) is 14.5. The van der Waals surface area contributed by atoms with Crippen LogP contribution in [0.5, 0.6) is 0 Å². The van der Waals surface area contributed by atoms with Gasteiger partial charge < -0.3 is 10.3 Å². The largest absolute Gasteiger partial charge is 0.348 e. The SMILES string of the molecule is Cc1cc(C)c(CNC(=O)c2cn(Cc3ccccc3)nc2-c2cccs2)c(=O)[nH]1. The molecule has 1 amide bonds. The number of hydrogen-bond acceptors (Lipinski definition) is 4. The number of nitrogens with zero attached hydrogens (tertiary/aromatic N) is 2.